The number of anilines is 1. The lowest BCUT2D eigenvalue weighted by atomic mass is 9.87. The molecule has 4 amide bonds. The number of nitrogens with zero attached hydrogens (tertiary/aromatic N) is 1. The van der Waals surface area contributed by atoms with E-state index in [2.05, 4.69) is 26.6 Å². The van der Waals surface area contributed by atoms with Crippen LogP contribution in [0.3, 0.4) is 0 Å². The highest BCUT2D eigenvalue weighted by molar-refractivity contribution is 9.10. The average molecular weight is 451 g/mol. The number of carbonyl (C=O) groups is 3. The number of hydrogen-bond donors (Lipinski definition) is 2. The first-order valence-corrected chi connectivity index (χ1v) is 9.48. The second kappa shape index (κ2) is 7.70. The Hall–Kier alpha value is -2.38. The third-order valence-corrected chi connectivity index (χ3v) is 5.25. The number of hydrogen-bond acceptors (Lipinski definition) is 3. The molecule has 0 spiro atoms. The van der Waals surface area contributed by atoms with Gasteiger partial charge in [0.2, 0.25) is 5.91 Å². The molecule has 2 N–H and O–H groups in total. The molecule has 1 fully saturated rings. The van der Waals surface area contributed by atoms with Crippen LogP contribution in [0.5, 0.6) is 0 Å². The minimum Gasteiger partial charge on any atom is -0.325 e. The van der Waals surface area contributed by atoms with Gasteiger partial charge in [-0.15, -0.1) is 0 Å². The lowest BCUT2D eigenvalue weighted by Gasteiger charge is -2.25. The van der Waals surface area contributed by atoms with Crippen molar-refractivity contribution in [1.82, 2.24) is 10.2 Å². The first-order chi connectivity index (χ1) is 12.9. The van der Waals surface area contributed by atoms with E-state index in [9.17, 15) is 14.4 Å². The van der Waals surface area contributed by atoms with Crippen LogP contribution in [-0.2, 0) is 15.1 Å². The molecular formula is C19H17BrClN3O3. The second-order valence-electron chi connectivity index (χ2n) is 6.14. The van der Waals surface area contributed by atoms with Crippen LogP contribution >= 0.6 is 27.5 Å². The number of nitrogens with one attached hydrogen (secondary N) is 2. The van der Waals surface area contributed by atoms with Crippen LogP contribution in [-0.4, -0.2) is 29.3 Å². The third-order valence-electron chi connectivity index (χ3n) is 4.47. The van der Waals surface area contributed by atoms with Crippen LogP contribution in [0.4, 0.5) is 10.5 Å². The molecule has 1 atom stereocenters. The molecule has 140 valence electrons. The van der Waals surface area contributed by atoms with Gasteiger partial charge in [0.15, 0.2) is 0 Å². The van der Waals surface area contributed by atoms with Gasteiger partial charge in [-0.2, -0.15) is 0 Å². The summed E-state index contributed by atoms with van der Waals surface area (Å²) in [6.45, 7) is 1.44. The van der Waals surface area contributed by atoms with E-state index in [0.29, 0.717) is 22.7 Å². The van der Waals surface area contributed by atoms with Crippen LogP contribution in [0, 0.1) is 0 Å². The lowest BCUT2D eigenvalue weighted by Crippen LogP contribution is -2.44. The Balaban J connectivity index is 1.77. The number of halogens is 2. The normalized spacial score (nSPS) is 19.1. The summed E-state index contributed by atoms with van der Waals surface area (Å²) in [7, 11) is 0. The fraction of sp³-hybridized carbons (Fsp3) is 0.211. The SMILES string of the molecule is CCC1(c2ccc(Cl)cc2)NC(=O)N(CC(=O)Nc2ccc(Br)cc2)C1=O. The maximum atomic E-state index is 13.0. The molecule has 0 aromatic heterocycles. The predicted molar refractivity (Wildman–Crippen MR) is 106 cm³/mol. The molecule has 0 saturated carbocycles. The number of benzene rings is 2. The van der Waals surface area contributed by atoms with Gasteiger partial charge in [-0.3, -0.25) is 14.5 Å². The maximum Gasteiger partial charge on any atom is 0.325 e. The van der Waals surface area contributed by atoms with E-state index in [1.807, 2.05) is 0 Å². The van der Waals surface area contributed by atoms with E-state index < -0.39 is 23.4 Å². The summed E-state index contributed by atoms with van der Waals surface area (Å²) < 4.78 is 0.880. The van der Waals surface area contributed by atoms with Gasteiger partial charge in [0.1, 0.15) is 12.1 Å². The molecule has 8 heteroatoms. The molecule has 2 aromatic rings. The van der Waals surface area contributed by atoms with Gasteiger partial charge in [0.05, 0.1) is 0 Å². The largest absolute Gasteiger partial charge is 0.325 e. The van der Waals surface area contributed by atoms with Crippen LogP contribution in [0.25, 0.3) is 0 Å². The second-order valence-corrected chi connectivity index (χ2v) is 7.49. The Morgan fingerprint density at radius 1 is 1.15 bits per heavy atom. The van der Waals surface area contributed by atoms with E-state index in [4.69, 9.17) is 11.6 Å². The topological polar surface area (TPSA) is 78.5 Å². The van der Waals surface area contributed by atoms with Crippen molar-refractivity contribution in [2.24, 2.45) is 0 Å². The van der Waals surface area contributed by atoms with Gasteiger partial charge < -0.3 is 10.6 Å². The minimum atomic E-state index is -1.19. The van der Waals surface area contributed by atoms with Crippen molar-refractivity contribution in [1.29, 1.82) is 0 Å². The lowest BCUT2D eigenvalue weighted by molar-refractivity contribution is -0.134. The molecule has 1 aliphatic heterocycles. The summed E-state index contributed by atoms with van der Waals surface area (Å²) in [6.07, 6.45) is 0.351. The number of urea groups is 1. The van der Waals surface area contributed by atoms with E-state index in [-0.39, 0.29) is 6.54 Å². The summed E-state index contributed by atoms with van der Waals surface area (Å²) in [4.78, 5) is 38.7. The van der Waals surface area contributed by atoms with Crippen molar-refractivity contribution in [2.75, 3.05) is 11.9 Å². The Morgan fingerprint density at radius 3 is 2.37 bits per heavy atom. The molecule has 1 unspecified atom stereocenters. The van der Waals surface area contributed by atoms with Gasteiger partial charge in [0.25, 0.3) is 5.91 Å². The molecular weight excluding hydrogens is 434 g/mol. The van der Waals surface area contributed by atoms with Crippen molar-refractivity contribution in [3.8, 4) is 0 Å². The van der Waals surface area contributed by atoms with Gasteiger partial charge in [-0.1, -0.05) is 46.6 Å². The van der Waals surface area contributed by atoms with Gasteiger partial charge >= 0.3 is 6.03 Å². The van der Waals surface area contributed by atoms with Crippen molar-refractivity contribution >= 4 is 51.1 Å². The highest BCUT2D eigenvalue weighted by atomic mass is 79.9. The molecule has 1 heterocycles. The first-order valence-electron chi connectivity index (χ1n) is 8.31. The molecule has 0 aliphatic carbocycles. The monoisotopic (exact) mass is 449 g/mol. The number of rotatable bonds is 5. The average Bonchev–Trinajstić information content (AvgIpc) is 2.89. The van der Waals surface area contributed by atoms with Crippen molar-refractivity contribution in [3.05, 3.63) is 63.6 Å². The van der Waals surface area contributed by atoms with Crippen LogP contribution in [0.2, 0.25) is 5.02 Å². The molecule has 3 rings (SSSR count). The third kappa shape index (κ3) is 3.84. The molecule has 1 saturated heterocycles. The molecule has 27 heavy (non-hydrogen) atoms. The number of amides is 4. The van der Waals surface area contributed by atoms with Crippen LogP contribution in [0.1, 0.15) is 18.9 Å². The van der Waals surface area contributed by atoms with Gasteiger partial charge in [-0.25, -0.2) is 4.79 Å². The molecule has 6 nitrogen and oxygen atoms in total. The van der Waals surface area contributed by atoms with Gasteiger partial charge in [-0.05, 0) is 48.4 Å². The number of carbonyl (C=O) groups excluding carboxylic acids is 3. The molecule has 2 aromatic carbocycles. The smallest absolute Gasteiger partial charge is 0.325 e. The zero-order valence-corrected chi connectivity index (χ0v) is 16.8. The highest BCUT2D eigenvalue weighted by Crippen LogP contribution is 2.33. The Labute approximate surface area is 170 Å². The Kier molecular flexibility index (Phi) is 5.53. The minimum absolute atomic E-state index is 0.351. The Morgan fingerprint density at radius 2 is 1.78 bits per heavy atom. The molecule has 0 radical (unpaired) electrons. The Bertz CT molecular complexity index is 886. The maximum absolute atomic E-state index is 13.0. The summed E-state index contributed by atoms with van der Waals surface area (Å²) in [5.74, 6) is -0.910. The summed E-state index contributed by atoms with van der Waals surface area (Å²) >= 11 is 9.24. The molecule has 0 bridgehead atoms. The van der Waals surface area contributed by atoms with Crippen molar-refractivity contribution in [3.63, 3.8) is 0 Å². The highest BCUT2D eigenvalue weighted by Gasteiger charge is 2.51. The fourth-order valence-corrected chi connectivity index (χ4v) is 3.41. The standard InChI is InChI=1S/C19H17BrClN3O3/c1-2-19(12-3-7-14(21)8-4-12)17(26)24(18(27)23-19)11-16(25)22-15-9-5-13(20)6-10-15/h3-10H,2,11H2,1H3,(H,22,25)(H,23,27). The quantitative estimate of drug-likeness (QED) is 0.678. The molecule has 1 aliphatic rings. The van der Waals surface area contributed by atoms with E-state index in [0.717, 1.165) is 9.37 Å². The van der Waals surface area contributed by atoms with Gasteiger partial charge in [0, 0.05) is 15.2 Å². The predicted octanol–water partition coefficient (Wildman–Crippen LogP) is 3.90. The van der Waals surface area contributed by atoms with E-state index >= 15 is 0 Å². The van der Waals surface area contributed by atoms with E-state index in [1.54, 1.807) is 55.5 Å². The summed E-state index contributed by atoms with van der Waals surface area (Å²) in [6, 6.07) is 13.1. The van der Waals surface area contributed by atoms with Crippen LogP contribution in [0.15, 0.2) is 53.0 Å². The fourth-order valence-electron chi connectivity index (χ4n) is 3.02. The summed E-state index contributed by atoms with van der Waals surface area (Å²) in [5, 5.41) is 5.95. The van der Waals surface area contributed by atoms with Crippen molar-refractivity contribution < 1.29 is 14.4 Å². The first kappa shape index (κ1) is 19.4. The van der Waals surface area contributed by atoms with Crippen LogP contribution < -0.4 is 10.6 Å². The zero-order chi connectivity index (χ0) is 19.6. The zero-order valence-electron chi connectivity index (χ0n) is 14.5. The summed E-state index contributed by atoms with van der Waals surface area (Å²) in [5.41, 5.74) is 0.0119. The van der Waals surface area contributed by atoms with E-state index in [1.165, 1.54) is 0 Å². The number of imide groups is 1. The van der Waals surface area contributed by atoms with Crippen molar-refractivity contribution in [2.45, 2.75) is 18.9 Å².